The Hall–Kier alpha value is -0.810. The molecule has 0 bridgehead atoms. The van der Waals surface area contributed by atoms with E-state index < -0.39 is 6.09 Å². The highest BCUT2D eigenvalue weighted by atomic mass is 16.4. The van der Waals surface area contributed by atoms with Crippen LogP contribution in [-0.2, 0) is 0 Å². The van der Waals surface area contributed by atoms with E-state index in [-0.39, 0.29) is 6.67 Å². The average molecular weight is 107 g/mol. The number of rotatable bonds is 0. The monoisotopic (exact) mass is 107 g/mol. The molecule has 0 heterocycles. The molecule has 0 aliphatic heterocycles. The molecule has 0 aromatic carbocycles. The van der Waals surface area contributed by atoms with Crippen molar-refractivity contribution in [3.05, 3.63) is 0 Å². The van der Waals surface area contributed by atoms with E-state index in [2.05, 4.69) is 17.2 Å². The molecule has 0 fully saturated rings. The SMILES string of the molecule is NC(=O)O.NCN. The third-order valence-electron chi connectivity index (χ3n) is 0. The van der Waals surface area contributed by atoms with Gasteiger partial charge in [0.2, 0.25) is 0 Å². The van der Waals surface area contributed by atoms with Crippen molar-refractivity contribution >= 4 is 6.09 Å². The van der Waals surface area contributed by atoms with Crippen molar-refractivity contribution in [3.8, 4) is 0 Å². The standard InChI is InChI=1S/CH6N2.CH3NO2/c2-1-3;2-1(3)4/h1-3H2;2H2,(H,3,4). The maximum Gasteiger partial charge on any atom is 0.402 e. The number of carbonyl (C=O) groups is 1. The Kier molecular flexibility index (Phi) is 12.1. The molecule has 0 aliphatic rings. The lowest BCUT2D eigenvalue weighted by Crippen LogP contribution is -2.08. The molecule has 0 saturated heterocycles. The van der Waals surface area contributed by atoms with E-state index in [0.717, 1.165) is 0 Å². The summed E-state index contributed by atoms with van der Waals surface area (Å²) in [7, 11) is 0. The third-order valence-corrected chi connectivity index (χ3v) is 0. The molecular weight excluding hydrogens is 98.0 g/mol. The molecule has 0 aromatic rings. The van der Waals surface area contributed by atoms with Gasteiger partial charge in [0.15, 0.2) is 0 Å². The fourth-order valence-electron chi connectivity index (χ4n) is 0. The van der Waals surface area contributed by atoms with Crippen molar-refractivity contribution in [2.45, 2.75) is 0 Å². The van der Waals surface area contributed by atoms with Crippen LogP contribution in [0.1, 0.15) is 0 Å². The number of primary amides is 1. The molecule has 0 atom stereocenters. The first-order chi connectivity index (χ1) is 3.15. The molecule has 7 heavy (non-hydrogen) atoms. The van der Waals surface area contributed by atoms with E-state index in [1.807, 2.05) is 0 Å². The maximum absolute atomic E-state index is 8.78. The van der Waals surface area contributed by atoms with Gasteiger partial charge in [0.25, 0.3) is 0 Å². The van der Waals surface area contributed by atoms with Crippen molar-refractivity contribution in [1.82, 2.24) is 0 Å². The predicted molar refractivity (Wildman–Crippen MR) is 25.5 cm³/mol. The Morgan fingerprint density at radius 3 is 1.57 bits per heavy atom. The Morgan fingerprint density at radius 2 is 1.57 bits per heavy atom. The fourth-order valence-corrected chi connectivity index (χ4v) is 0. The first-order valence-corrected chi connectivity index (χ1v) is 1.53. The molecule has 5 heteroatoms. The zero-order valence-corrected chi connectivity index (χ0v) is 3.79. The van der Waals surface area contributed by atoms with E-state index in [4.69, 9.17) is 9.90 Å². The van der Waals surface area contributed by atoms with E-state index in [9.17, 15) is 0 Å². The molecule has 0 spiro atoms. The van der Waals surface area contributed by atoms with Gasteiger partial charge in [0.05, 0.1) is 0 Å². The summed E-state index contributed by atoms with van der Waals surface area (Å²) in [6, 6.07) is 0. The second-order valence-electron chi connectivity index (χ2n) is 0.574. The van der Waals surface area contributed by atoms with Crippen LogP contribution in [0.15, 0.2) is 0 Å². The van der Waals surface area contributed by atoms with Crippen LogP contribution in [-0.4, -0.2) is 17.9 Å². The quantitative estimate of drug-likeness (QED) is 0.281. The number of hydrogen-bond donors (Lipinski definition) is 4. The van der Waals surface area contributed by atoms with E-state index in [1.54, 1.807) is 0 Å². The van der Waals surface area contributed by atoms with Crippen LogP contribution >= 0.6 is 0 Å². The topological polar surface area (TPSA) is 115 Å². The Balaban J connectivity index is 0. The Bertz CT molecular complexity index is 42.2. The molecule has 0 rings (SSSR count). The van der Waals surface area contributed by atoms with Crippen molar-refractivity contribution in [3.63, 3.8) is 0 Å². The molecule has 0 radical (unpaired) electrons. The Labute approximate surface area is 41.1 Å². The van der Waals surface area contributed by atoms with E-state index in [1.165, 1.54) is 0 Å². The summed E-state index contributed by atoms with van der Waals surface area (Å²) in [5.74, 6) is 0. The molecule has 5 nitrogen and oxygen atoms in total. The van der Waals surface area contributed by atoms with Gasteiger partial charge < -0.3 is 22.3 Å². The van der Waals surface area contributed by atoms with Crippen LogP contribution in [0.4, 0.5) is 4.79 Å². The lowest BCUT2D eigenvalue weighted by Gasteiger charge is -1.61. The lowest BCUT2D eigenvalue weighted by atomic mass is 11.3. The van der Waals surface area contributed by atoms with Gasteiger partial charge in [0.1, 0.15) is 0 Å². The molecule has 1 amide bonds. The fraction of sp³-hybridized carbons (Fsp3) is 0.500. The van der Waals surface area contributed by atoms with E-state index in [0.29, 0.717) is 0 Å². The number of hydrogen-bond acceptors (Lipinski definition) is 3. The predicted octanol–water partition coefficient (Wildman–Crippen LogP) is -1.52. The lowest BCUT2D eigenvalue weighted by molar-refractivity contribution is 0.205. The second-order valence-corrected chi connectivity index (χ2v) is 0.574. The normalized spacial score (nSPS) is 6.00. The second kappa shape index (κ2) is 8.95. The van der Waals surface area contributed by atoms with Gasteiger partial charge in [-0.1, -0.05) is 0 Å². The summed E-state index contributed by atoms with van der Waals surface area (Å²) in [6.45, 7) is 0.250. The first-order valence-electron chi connectivity index (χ1n) is 1.53. The zero-order valence-electron chi connectivity index (χ0n) is 3.79. The minimum Gasteiger partial charge on any atom is -0.465 e. The van der Waals surface area contributed by atoms with Crippen LogP contribution < -0.4 is 17.2 Å². The summed E-state index contributed by atoms with van der Waals surface area (Å²) >= 11 is 0. The highest BCUT2D eigenvalue weighted by molar-refractivity contribution is 5.61. The van der Waals surface area contributed by atoms with Crippen molar-refractivity contribution in [1.29, 1.82) is 0 Å². The third kappa shape index (κ3) is 80.5. The highest BCUT2D eigenvalue weighted by Gasteiger charge is 1.65. The maximum atomic E-state index is 8.78. The minimum atomic E-state index is -1.33. The molecule has 0 aliphatic carbocycles. The van der Waals surface area contributed by atoms with Gasteiger partial charge in [-0.15, -0.1) is 0 Å². The molecule has 0 saturated carbocycles. The summed E-state index contributed by atoms with van der Waals surface area (Å²) in [5.41, 5.74) is 13.3. The highest BCUT2D eigenvalue weighted by Crippen LogP contribution is 1.34. The van der Waals surface area contributed by atoms with Gasteiger partial charge >= 0.3 is 6.09 Å². The van der Waals surface area contributed by atoms with Crippen LogP contribution in [0.5, 0.6) is 0 Å². The Morgan fingerprint density at radius 1 is 1.57 bits per heavy atom. The summed E-state index contributed by atoms with van der Waals surface area (Å²) in [4.78, 5) is 8.78. The molecule has 0 unspecified atom stereocenters. The summed E-state index contributed by atoms with van der Waals surface area (Å²) in [6.07, 6.45) is -1.33. The van der Waals surface area contributed by atoms with Gasteiger partial charge in [-0.2, -0.15) is 0 Å². The number of carboxylic acid groups (broad SMARTS) is 1. The van der Waals surface area contributed by atoms with Crippen molar-refractivity contribution in [2.75, 3.05) is 6.67 Å². The number of nitrogens with two attached hydrogens (primary N) is 3. The van der Waals surface area contributed by atoms with Crippen molar-refractivity contribution < 1.29 is 9.90 Å². The molecule has 7 N–H and O–H groups in total. The van der Waals surface area contributed by atoms with Crippen LogP contribution in [0.25, 0.3) is 0 Å². The number of amides is 1. The van der Waals surface area contributed by atoms with Crippen LogP contribution in [0, 0.1) is 0 Å². The van der Waals surface area contributed by atoms with Gasteiger partial charge in [-0.3, -0.25) is 0 Å². The molecule has 44 valence electrons. The average Bonchev–Trinajstić information content (AvgIpc) is 1.33. The molecule has 0 aromatic heterocycles. The summed E-state index contributed by atoms with van der Waals surface area (Å²) < 4.78 is 0. The van der Waals surface area contributed by atoms with E-state index >= 15 is 0 Å². The molecular formula is C2H9N3O2. The largest absolute Gasteiger partial charge is 0.465 e. The van der Waals surface area contributed by atoms with Gasteiger partial charge in [-0.05, 0) is 0 Å². The zero-order chi connectivity index (χ0) is 6.28. The van der Waals surface area contributed by atoms with Crippen molar-refractivity contribution in [2.24, 2.45) is 17.2 Å². The van der Waals surface area contributed by atoms with Crippen LogP contribution in [0.3, 0.4) is 0 Å². The first kappa shape index (κ1) is 9.50. The van der Waals surface area contributed by atoms with Gasteiger partial charge in [0, 0.05) is 6.67 Å². The summed E-state index contributed by atoms with van der Waals surface area (Å²) in [5, 5.41) is 7.19. The van der Waals surface area contributed by atoms with Crippen LogP contribution in [0.2, 0.25) is 0 Å². The van der Waals surface area contributed by atoms with Gasteiger partial charge in [-0.25, -0.2) is 4.79 Å². The minimum absolute atomic E-state index is 0.250. The smallest absolute Gasteiger partial charge is 0.402 e.